The molecule has 0 saturated heterocycles. The van der Waals surface area contributed by atoms with Crippen molar-refractivity contribution in [1.29, 1.82) is 0 Å². The predicted molar refractivity (Wildman–Crippen MR) is 131 cm³/mol. The lowest BCUT2D eigenvalue weighted by Crippen LogP contribution is -2.49. The summed E-state index contributed by atoms with van der Waals surface area (Å²) in [6, 6.07) is 23.3. The van der Waals surface area contributed by atoms with E-state index < -0.39 is 24.9 Å². The van der Waals surface area contributed by atoms with Crippen LogP contribution in [0.1, 0.15) is 46.3 Å². The Morgan fingerprint density at radius 3 is 2.30 bits per heavy atom. The van der Waals surface area contributed by atoms with Crippen LogP contribution in [0.15, 0.2) is 78.9 Å². The fourth-order valence-electron chi connectivity index (χ4n) is 3.76. The number of nitrogens with one attached hydrogen (secondary N) is 1. The van der Waals surface area contributed by atoms with E-state index in [1.54, 1.807) is 48.5 Å². The topological polar surface area (TPSA) is 86.6 Å². The molecule has 0 spiro atoms. The van der Waals surface area contributed by atoms with Gasteiger partial charge in [-0.15, -0.1) is 0 Å². The molecule has 0 radical (unpaired) electrons. The molecule has 0 aromatic heterocycles. The highest BCUT2D eigenvalue weighted by molar-refractivity contribution is 6.43. The van der Waals surface area contributed by atoms with Gasteiger partial charge in [-0.25, -0.2) is 0 Å². The number of Topliss-reactive ketones (excluding diaryl/α,β-unsaturated/α-hetero) is 1. The summed E-state index contributed by atoms with van der Waals surface area (Å²) < 4.78 is 0. The molecule has 0 heterocycles. The molecule has 1 amide bonds. The van der Waals surface area contributed by atoms with Crippen LogP contribution in [0.2, 0.25) is 5.02 Å². The van der Waals surface area contributed by atoms with Crippen LogP contribution in [-0.4, -0.2) is 34.8 Å². The Hall–Kier alpha value is -2.93. The number of carbonyl (C=O) groups excluding carboxylic acids is 2. The molecular weight excluding hydrogens is 437 g/mol. The van der Waals surface area contributed by atoms with E-state index >= 15 is 0 Å². The van der Waals surface area contributed by atoms with Gasteiger partial charge in [-0.05, 0) is 41.7 Å². The van der Waals surface area contributed by atoms with Gasteiger partial charge in [0.15, 0.2) is 5.78 Å². The summed E-state index contributed by atoms with van der Waals surface area (Å²) in [6.07, 6.45) is 1.02. The van der Waals surface area contributed by atoms with Crippen molar-refractivity contribution in [1.82, 2.24) is 5.32 Å². The maximum absolute atomic E-state index is 13.3. The van der Waals surface area contributed by atoms with Crippen molar-refractivity contribution in [3.63, 3.8) is 0 Å². The minimum atomic E-state index is -1.76. The molecule has 0 aliphatic carbocycles. The van der Waals surface area contributed by atoms with Crippen molar-refractivity contribution in [3.8, 4) is 0 Å². The van der Waals surface area contributed by atoms with Crippen molar-refractivity contribution in [2.24, 2.45) is 0 Å². The Kier molecular flexibility index (Phi) is 8.83. The van der Waals surface area contributed by atoms with E-state index in [2.05, 4.69) is 5.32 Å². The predicted octanol–water partition coefficient (Wildman–Crippen LogP) is 4.00. The van der Waals surface area contributed by atoms with Gasteiger partial charge < -0.3 is 15.4 Å². The van der Waals surface area contributed by atoms with E-state index in [4.69, 9.17) is 11.6 Å². The molecule has 0 saturated carbocycles. The van der Waals surface area contributed by atoms with E-state index in [0.717, 1.165) is 17.5 Å². The Bertz CT molecular complexity index is 1090. The number of hydrogen-bond acceptors (Lipinski definition) is 4. The third-order valence-corrected chi connectivity index (χ3v) is 5.83. The Balaban J connectivity index is 1.83. The minimum absolute atomic E-state index is 0.0737. The molecule has 0 fully saturated rings. The lowest BCUT2D eigenvalue weighted by molar-refractivity contribution is -0.123. The summed E-state index contributed by atoms with van der Waals surface area (Å²) in [5, 5.41) is 23.1. The number of amides is 1. The molecular formula is C26H27BClNO4. The highest BCUT2D eigenvalue weighted by atomic mass is 35.5. The largest absolute Gasteiger partial charge is 0.475 e. The average molecular weight is 464 g/mol. The van der Waals surface area contributed by atoms with Crippen LogP contribution in [0.25, 0.3) is 0 Å². The second kappa shape index (κ2) is 11.8. The fraction of sp³-hybridized carbons (Fsp3) is 0.231. The molecule has 2 unspecified atom stereocenters. The third-order valence-electron chi connectivity index (χ3n) is 5.60. The average Bonchev–Trinajstić information content (AvgIpc) is 2.82. The molecule has 3 rings (SSSR count). The van der Waals surface area contributed by atoms with Crippen molar-refractivity contribution >= 4 is 30.4 Å². The van der Waals surface area contributed by atoms with Crippen molar-refractivity contribution in [3.05, 3.63) is 106 Å². The van der Waals surface area contributed by atoms with E-state index in [-0.39, 0.29) is 18.6 Å². The van der Waals surface area contributed by atoms with E-state index in [0.29, 0.717) is 16.1 Å². The second-order valence-electron chi connectivity index (χ2n) is 8.01. The van der Waals surface area contributed by atoms with Gasteiger partial charge in [0.25, 0.3) is 0 Å². The summed E-state index contributed by atoms with van der Waals surface area (Å²) in [7, 11) is -1.76. The summed E-state index contributed by atoms with van der Waals surface area (Å²) in [5.74, 6) is -2.42. The lowest BCUT2D eigenvalue weighted by Gasteiger charge is -2.23. The first-order chi connectivity index (χ1) is 15.9. The number of ketones is 1. The molecule has 7 heteroatoms. The van der Waals surface area contributed by atoms with Gasteiger partial charge in [0.1, 0.15) is 0 Å². The molecule has 2 atom stereocenters. The van der Waals surface area contributed by atoms with Gasteiger partial charge >= 0.3 is 7.12 Å². The maximum Gasteiger partial charge on any atom is 0.475 e. The first-order valence-corrected chi connectivity index (χ1v) is 11.3. The molecule has 170 valence electrons. The molecule has 0 aliphatic rings. The Morgan fingerprint density at radius 1 is 0.939 bits per heavy atom. The van der Waals surface area contributed by atoms with Gasteiger partial charge in [0.05, 0.1) is 11.9 Å². The van der Waals surface area contributed by atoms with E-state index in [1.165, 1.54) is 0 Å². The van der Waals surface area contributed by atoms with Gasteiger partial charge in [-0.3, -0.25) is 9.59 Å². The first kappa shape index (κ1) is 24.7. The van der Waals surface area contributed by atoms with Crippen molar-refractivity contribution in [2.45, 2.75) is 38.0 Å². The van der Waals surface area contributed by atoms with Gasteiger partial charge in [0, 0.05) is 17.0 Å². The molecule has 0 aliphatic heterocycles. The third kappa shape index (κ3) is 7.03. The monoisotopic (exact) mass is 463 g/mol. The smallest absolute Gasteiger partial charge is 0.426 e. The Morgan fingerprint density at radius 2 is 1.64 bits per heavy atom. The fourth-order valence-corrected chi connectivity index (χ4v) is 3.96. The molecule has 3 aromatic carbocycles. The van der Waals surface area contributed by atoms with Gasteiger partial charge in [-0.2, -0.15) is 0 Å². The number of rotatable bonds is 10. The maximum atomic E-state index is 13.3. The number of aryl methyl sites for hydroxylation is 1. The molecule has 33 heavy (non-hydrogen) atoms. The SMILES string of the molecule is CCc1cccc(CC(NC(=O)C(CC(=O)c2ccccc2)c2cccc(Cl)c2)B(O)O)c1. The second-order valence-corrected chi connectivity index (χ2v) is 8.44. The van der Waals surface area contributed by atoms with E-state index in [9.17, 15) is 19.6 Å². The van der Waals surface area contributed by atoms with Crippen LogP contribution in [0.5, 0.6) is 0 Å². The first-order valence-electron chi connectivity index (χ1n) is 11.0. The van der Waals surface area contributed by atoms with Crippen LogP contribution in [0.4, 0.5) is 0 Å². The van der Waals surface area contributed by atoms with E-state index in [1.807, 2.05) is 37.3 Å². The number of benzene rings is 3. The molecule has 0 bridgehead atoms. The van der Waals surface area contributed by atoms with Crippen molar-refractivity contribution in [2.75, 3.05) is 0 Å². The highest BCUT2D eigenvalue weighted by Gasteiger charge is 2.31. The molecule has 3 N–H and O–H groups in total. The minimum Gasteiger partial charge on any atom is -0.426 e. The zero-order valence-corrected chi connectivity index (χ0v) is 19.2. The summed E-state index contributed by atoms with van der Waals surface area (Å²) in [6.45, 7) is 2.04. The van der Waals surface area contributed by atoms with Crippen LogP contribution in [-0.2, 0) is 17.6 Å². The zero-order chi connectivity index (χ0) is 23.8. The lowest BCUT2D eigenvalue weighted by atomic mass is 9.75. The zero-order valence-electron chi connectivity index (χ0n) is 18.4. The summed E-state index contributed by atoms with van der Waals surface area (Å²) >= 11 is 6.14. The number of halogens is 1. The van der Waals surface area contributed by atoms with Crippen LogP contribution >= 0.6 is 11.6 Å². The van der Waals surface area contributed by atoms with Gasteiger partial charge in [0.2, 0.25) is 5.91 Å². The molecule has 5 nitrogen and oxygen atoms in total. The number of carbonyl (C=O) groups is 2. The summed E-state index contributed by atoms with van der Waals surface area (Å²) in [4.78, 5) is 26.2. The van der Waals surface area contributed by atoms with Gasteiger partial charge in [-0.1, -0.05) is 85.3 Å². The number of hydrogen-bond donors (Lipinski definition) is 3. The quantitative estimate of drug-likeness (QED) is 0.313. The normalized spacial score (nSPS) is 12.6. The van der Waals surface area contributed by atoms with Crippen LogP contribution < -0.4 is 5.32 Å². The highest BCUT2D eigenvalue weighted by Crippen LogP contribution is 2.25. The van der Waals surface area contributed by atoms with Crippen LogP contribution in [0, 0.1) is 0 Å². The summed E-state index contributed by atoms with van der Waals surface area (Å²) in [5.41, 5.74) is 3.10. The standard InChI is InChI=1S/C26H27BClNO4/c1-2-18-8-6-9-19(14-18)15-25(27(32)33)29-26(31)23(21-12-7-13-22(28)16-21)17-24(30)20-10-4-3-5-11-20/h3-14,16,23,25,32-33H,2,15,17H2,1H3,(H,29,31). The molecule has 3 aromatic rings. The van der Waals surface area contributed by atoms with Crippen molar-refractivity contribution < 1.29 is 19.6 Å². The Labute approximate surface area is 199 Å². The van der Waals surface area contributed by atoms with Crippen LogP contribution in [0.3, 0.4) is 0 Å².